The van der Waals surface area contributed by atoms with Crippen LogP contribution in [0.4, 0.5) is 0 Å². The fourth-order valence-corrected chi connectivity index (χ4v) is 9.53. The molecule has 28 heavy (non-hydrogen) atoms. The maximum atomic E-state index is 13.3. The molecule has 2 nitrogen and oxygen atoms in total. The summed E-state index contributed by atoms with van der Waals surface area (Å²) in [5.41, 5.74) is 1.86. The molecule has 0 aliphatic heterocycles. The van der Waals surface area contributed by atoms with Crippen LogP contribution >= 0.6 is 0 Å². The van der Waals surface area contributed by atoms with E-state index in [-0.39, 0.29) is 16.2 Å². The van der Waals surface area contributed by atoms with Gasteiger partial charge in [0.25, 0.3) is 0 Å². The highest BCUT2D eigenvalue weighted by atomic mass is 16.1. The molecule has 5 rings (SSSR count). The SMILES string of the molecule is CC(=O)[C@@]12CCCCC[C@@H]1C[C@H]1[C@@H]3CCC4=CC(=O)CC[C@]4(C)[C@H]3CC[C@@]12C. The second kappa shape index (κ2) is 6.29. The zero-order valence-electron chi connectivity index (χ0n) is 18.2. The lowest BCUT2D eigenvalue weighted by Crippen LogP contribution is -2.54. The Morgan fingerprint density at radius 1 is 0.964 bits per heavy atom. The Bertz CT molecular complexity index is 735. The lowest BCUT2D eigenvalue weighted by Gasteiger charge is -2.60. The number of hydrogen-bond donors (Lipinski definition) is 0. The average Bonchev–Trinajstić information content (AvgIpc) is 2.79. The van der Waals surface area contributed by atoms with Gasteiger partial charge in [-0.25, -0.2) is 0 Å². The minimum absolute atomic E-state index is 0.0430. The van der Waals surface area contributed by atoms with E-state index in [4.69, 9.17) is 0 Å². The van der Waals surface area contributed by atoms with Crippen molar-refractivity contribution in [3.05, 3.63) is 11.6 Å². The Hall–Kier alpha value is -0.920. The van der Waals surface area contributed by atoms with Crippen molar-refractivity contribution in [2.24, 2.45) is 39.9 Å². The molecular weight excluding hydrogens is 344 g/mol. The first kappa shape index (κ1) is 19.1. The van der Waals surface area contributed by atoms with E-state index in [2.05, 4.69) is 13.8 Å². The second-order valence-corrected chi connectivity index (χ2v) is 11.5. The highest BCUT2D eigenvalue weighted by Gasteiger charge is 2.68. The van der Waals surface area contributed by atoms with E-state index in [1.54, 1.807) is 0 Å². The Kier molecular flexibility index (Phi) is 4.28. The average molecular weight is 383 g/mol. The van der Waals surface area contributed by atoms with Crippen molar-refractivity contribution in [2.75, 3.05) is 0 Å². The van der Waals surface area contributed by atoms with E-state index in [0.717, 1.165) is 37.5 Å². The maximum Gasteiger partial charge on any atom is 0.155 e. The van der Waals surface area contributed by atoms with E-state index < -0.39 is 0 Å². The van der Waals surface area contributed by atoms with E-state index in [9.17, 15) is 9.59 Å². The normalized spacial score (nSPS) is 50.5. The Balaban J connectivity index is 1.54. The van der Waals surface area contributed by atoms with Crippen LogP contribution in [-0.2, 0) is 9.59 Å². The van der Waals surface area contributed by atoms with Gasteiger partial charge in [0, 0.05) is 11.8 Å². The third-order valence-electron chi connectivity index (χ3n) is 10.9. The Morgan fingerprint density at radius 3 is 2.57 bits per heavy atom. The van der Waals surface area contributed by atoms with Crippen LogP contribution in [0.15, 0.2) is 11.6 Å². The zero-order chi connectivity index (χ0) is 19.7. The van der Waals surface area contributed by atoms with E-state index >= 15 is 0 Å². The van der Waals surface area contributed by atoms with E-state index in [1.807, 2.05) is 13.0 Å². The highest BCUT2D eigenvalue weighted by Crippen LogP contribution is 2.73. The number of Topliss-reactive ketones (excluding diaryl/α,β-unsaturated/α-hetero) is 1. The molecule has 0 heterocycles. The molecule has 154 valence electrons. The van der Waals surface area contributed by atoms with Gasteiger partial charge in [-0.05, 0) is 98.9 Å². The van der Waals surface area contributed by atoms with E-state index in [1.165, 1.54) is 56.9 Å². The molecule has 5 aliphatic rings. The second-order valence-electron chi connectivity index (χ2n) is 11.5. The number of fused-ring (bicyclic) bond motifs is 7. The molecule has 0 N–H and O–H groups in total. The van der Waals surface area contributed by atoms with Crippen molar-refractivity contribution in [3.63, 3.8) is 0 Å². The first-order valence-corrected chi connectivity index (χ1v) is 12.1. The van der Waals surface area contributed by atoms with Crippen LogP contribution in [0.25, 0.3) is 0 Å². The van der Waals surface area contributed by atoms with Gasteiger partial charge in [-0.1, -0.05) is 38.7 Å². The summed E-state index contributed by atoms with van der Waals surface area (Å²) < 4.78 is 0. The van der Waals surface area contributed by atoms with Gasteiger partial charge in [0.15, 0.2) is 5.78 Å². The molecule has 0 aromatic rings. The summed E-state index contributed by atoms with van der Waals surface area (Å²) in [6, 6.07) is 0. The third-order valence-corrected chi connectivity index (χ3v) is 10.9. The first-order valence-electron chi connectivity index (χ1n) is 12.1. The van der Waals surface area contributed by atoms with Crippen LogP contribution < -0.4 is 0 Å². The summed E-state index contributed by atoms with van der Waals surface area (Å²) in [5.74, 6) is 3.69. The molecule has 0 saturated heterocycles. The summed E-state index contributed by atoms with van der Waals surface area (Å²) >= 11 is 0. The van der Waals surface area contributed by atoms with Crippen LogP contribution in [0.3, 0.4) is 0 Å². The van der Waals surface area contributed by atoms with Gasteiger partial charge in [-0.3, -0.25) is 9.59 Å². The number of hydrogen-bond acceptors (Lipinski definition) is 2. The molecule has 0 spiro atoms. The highest BCUT2D eigenvalue weighted by molar-refractivity contribution is 5.91. The van der Waals surface area contributed by atoms with Gasteiger partial charge in [0.2, 0.25) is 0 Å². The summed E-state index contributed by atoms with van der Waals surface area (Å²) in [7, 11) is 0. The van der Waals surface area contributed by atoms with Crippen LogP contribution in [0.5, 0.6) is 0 Å². The Labute approximate surface area is 170 Å². The van der Waals surface area contributed by atoms with Crippen LogP contribution in [-0.4, -0.2) is 11.6 Å². The minimum Gasteiger partial charge on any atom is -0.299 e. The fraction of sp³-hybridized carbons (Fsp3) is 0.846. The van der Waals surface area contributed by atoms with Crippen molar-refractivity contribution >= 4 is 11.6 Å². The summed E-state index contributed by atoms with van der Waals surface area (Å²) in [6.07, 6.45) is 16.3. The molecule has 4 saturated carbocycles. The molecule has 4 fully saturated rings. The van der Waals surface area contributed by atoms with Gasteiger partial charge >= 0.3 is 0 Å². The van der Waals surface area contributed by atoms with Crippen molar-refractivity contribution < 1.29 is 9.59 Å². The Morgan fingerprint density at radius 2 is 1.79 bits per heavy atom. The maximum absolute atomic E-state index is 13.3. The molecular formula is C26H38O2. The van der Waals surface area contributed by atoms with Crippen molar-refractivity contribution in [2.45, 2.75) is 97.8 Å². The number of rotatable bonds is 1. The van der Waals surface area contributed by atoms with Gasteiger partial charge in [0.05, 0.1) is 0 Å². The molecule has 2 heteroatoms. The minimum atomic E-state index is -0.0430. The standard InChI is InChI=1S/C26H38O2/c1-17(27)26-12-6-4-5-7-19(26)16-23-21-9-8-18-15-20(28)10-13-24(18,2)22(21)11-14-25(23,26)3/h15,19,21-23H,4-14,16H2,1-3H3/t19-,21-,22+,23+,24+,25+,26+/m1/s1. The molecule has 7 atom stereocenters. The molecule has 0 amide bonds. The fourth-order valence-electron chi connectivity index (χ4n) is 9.53. The number of carbonyl (C=O) groups is 2. The van der Waals surface area contributed by atoms with Gasteiger partial charge in [0.1, 0.15) is 5.78 Å². The summed E-state index contributed by atoms with van der Waals surface area (Å²) in [4.78, 5) is 25.3. The molecule has 0 bridgehead atoms. The van der Waals surface area contributed by atoms with E-state index in [0.29, 0.717) is 23.4 Å². The summed E-state index contributed by atoms with van der Waals surface area (Å²) in [6.45, 7) is 6.92. The lowest BCUT2D eigenvalue weighted by molar-refractivity contribution is -0.145. The summed E-state index contributed by atoms with van der Waals surface area (Å²) in [5, 5.41) is 0. The quantitative estimate of drug-likeness (QED) is 0.534. The number of allylic oxidation sites excluding steroid dienone is 1. The smallest absolute Gasteiger partial charge is 0.155 e. The first-order chi connectivity index (χ1) is 13.3. The molecule has 0 radical (unpaired) electrons. The largest absolute Gasteiger partial charge is 0.299 e. The van der Waals surface area contributed by atoms with Crippen LogP contribution in [0, 0.1) is 39.9 Å². The van der Waals surface area contributed by atoms with Gasteiger partial charge in [-0.2, -0.15) is 0 Å². The molecule has 5 aliphatic carbocycles. The van der Waals surface area contributed by atoms with Crippen LogP contribution in [0.1, 0.15) is 97.8 Å². The third kappa shape index (κ3) is 2.27. The lowest BCUT2D eigenvalue weighted by atomic mass is 9.44. The number of ketones is 2. The molecule has 0 unspecified atom stereocenters. The van der Waals surface area contributed by atoms with Crippen molar-refractivity contribution in [3.8, 4) is 0 Å². The zero-order valence-corrected chi connectivity index (χ0v) is 18.2. The predicted molar refractivity (Wildman–Crippen MR) is 112 cm³/mol. The van der Waals surface area contributed by atoms with Crippen LogP contribution in [0.2, 0.25) is 0 Å². The van der Waals surface area contributed by atoms with Crippen molar-refractivity contribution in [1.82, 2.24) is 0 Å². The van der Waals surface area contributed by atoms with Gasteiger partial charge < -0.3 is 0 Å². The molecule has 0 aromatic carbocycles. The monoisotopic (exact) mass is 382 g/mol. The molecule has 0 aromatic heterocycles. The van der Waals surface area contributed by atoms with Gasteiger partial charge in [-0.15, -0.1) is 0 Å². The number of carbonyl (C=O) groups excluding carboxylic acids is 2. The van der Waals surface area contributed by atoms with Crippen molar-refractivity contribution in [1.29, 1.82) is 0 Å². The predicted octanol–water partition coefficient (Wildman–Crippen LogP) is 6.28. The topological polar surface area (TPSA) is 34.1 Å².